The van der Waals surface area contributed by atoms with Crippen LogP contribution in [0.2, 0.25) is 0 Å². The van der Waals surface area contributed by atoms with Crippen LogP contribution in [0.1, 0.15) is 28.8 Å². The molecule has 0 bridgehead atoms. The molecule has 6 heteroatoms. The Morgan fingerprint density at radius 2 is 2.25 bits per heavy atom. The average molecular weight is 293 g/mol. The van der Waals surface area contributed by atoms with E-state index in [1.54, 1.807) is 0 Å². The predicted molar refractivity (Wildman–Crippen MR) is 59.4 cm³/mol. The minimum Gasteiger partial charge on any atom is -0.463 e. The van der Waals surface area contributed by atoms with Crippen LogP contribution in [0.3, 0.4) is 0 Å². The van der Waals surface area contributed by atoms with Crippen molar-refractivity contribution in [1.29, 1.82) is 0 Å². The molecular formula is C10H13BrO5. The second-order valence-corrected chi connectivity index (χ2v) is 3.98. The van der Waals surface area contributed by atoms with E-state index in [0.717, 1.165) is 0 Å². The van der Waals surface area contributed by atoms with Gasteiger partial charge >= 0.3 is 5.97 Å². The van der Waals surface area contributed by atoms with E-state index < -0.39 is 18.2 Å². The SMILES string of the molecule is COC(=O)c1ccc(C(O)C(O)CCBr)o1. The molecule has 2 unspecified atom stereocenters. The van der Waals surface area contributed by atoms with E-state index in [1.165, 1.54) is 19.2 Å². The maximum Gasteiger partial charge on any atom is 0.373 e. The van der Waals surface area contributed by atoms with Crippen molar-refractivity contribution in [2.24, 2.45) is 0 Å². The van der Waals surface area contributed by atoms with E-state index in [1.807, 2.05) is 0 Å². The molecule has 0 amide bonds. The normalized spacial score (nSPS) is 14.5. The fourth-order valence-electron chi connectivity index (χ4n) is 1.18. The van der Waals surface area contributed by atoms with Gasteiger partial charge in [0, 0.05) is 5.33 Å². The van der Waals surface area contributed by atoms with E-state index in [-0.39, 0.29) is 11.5 Å². The zero-order valence-corrected chi connectivity index (χ0v) is 10.3. The molecule has 0 radical (unpaired) electrons. The van der Waals surface area contributed by atoms with E-state index >= 15 is 0 Å². The molecular weight excluding hydrogens is 280 g/mol. The summed E-state index contributed by atoms with van der Waals surface area (Å²) in [5.41, 5.74) is 0. The lowest BCUT2D eigenvalue weighted by atomic mass is 10.1. The zero-order valence-electron chi connectivity index (χ0n) is 8.72. The Balaban J connectivity index is 2.73. The number of hydrogen-bond acceptors (Lipinski definition) is 5. The summed E-state index contributed by atoms with van der Waals surface area (Å²) in [6, 6.07) is 2.83. The van der Waals surface area contributed by atoms with Crippen LogP contribution in [-0.2, 0) is 4.74 Å². The second-order valence-electron chi connectivity index (χ2n) is 3.18. The smallest absolute Gasteiger partial charge is 0.373 e. The third-order valence-corrected chi connectivity index (χ3v) is 2.53. The minimum absolute atomic E-state index is 0.00240. The molecule has 0 aromatic carbocycles. The molecule has 0 aliphatic heterocycles. The van der Waals surface area contributed by atoms with Gasteiger partial charge < -0.3 is 19.4 Å². The molecule has 0 aliphatic rings. The molecule has 0 saturated carbocycles. The Hall–Kier alpha value is -0.850. The number of rotatable bonds is 5. The molecule has 1 aromatic heterocycles. The third-order valence-electron chi connectivity index (χ3n) is 2.07. The predicted octanol–water partition coefficient (Wildman–Crippen LogP) is 1.25. The highest BCUT2D eigenvalue weighted by molar-refractivity contribution is 9.09. The summed E-state index contributed by atoms with van der Waals surface area (Å²) in [7, 11) is 1.24. The third kappa shape index (κ3) is 3.07. The summed E-state index contributed by atoms with van der Waals surface area (Å²) in [5, 5.41) is 19.8. The Morgan fingerprint density at radius 1 is 1.56 bits per heavy atom. The quantitative estimate of drug-likeness (QED) is 0.631. The average Bonchev–Trinajstić information content (AvgIpc) is 2.76. The molecule has 5 nitrogen and oxygen atoms in total. The molecule has 0 saturated heterocycles. The maximum atomic E-state index is 11.1. The number of esters is 1. The minimum atomic E-state index is -1.14. The van der Waals surface area contributed by atoms with Gasteiger partial charge in [-0.2, -0.15) is 0 Å². The van der Waals surface area contributed by atoms with Gasteiger partial charge in [0.1, 0.15) is 11.9 Å². The van der Waals surface area contributed by atoms with Crippen molar-refractivity contribution in [2.75, 3.05) is 12.4 Å². The largest absolute Gasteiger partial charge is 0.463 e. The van der Waals surface area contributed by atoms with Crippen molar-refractivity contribution in [3.05, 3.63) is 23.7 Å². The summed E-state index contributed by atoms with van der Waals surface area (Å²) < 4.78 is 9.52. The van der Waals surface area contributed by atoms with E-state index in [9.17, 15) is 15.0 Å². The molecule has 0 fully saturated rings. The maximum absolute atomic E-state index is 11.1. The first-order valence-electron chi connectivity index (χ1n) is 4.70. The van der Waals surface area contributed by atoms with Gasteiger partial charge in [0.15, 0.2) is 0 Å². The van der Waals surface area contributed by atoms with E-state index in [0.29, 0.717) is 11.8 Å². The van der Waals surface area contributed by atoms with Gasteiger partial charge in [-0.1, -0.05) is 15.9 Å². The number of halogens is 1. The van der Waals surface area contributed by atoms with Gasteiger partial charge in [0.05, 0.1) is 13.2 Å². The Labute approximate surface area is 101 Å². The van der Waals surface area contributed by atoms with E-state index in [4.69, 9.17) is 4.42 Å². The van der Waals surface area contributed by atoms with Crippen molar-refractivity contribution in [1.82, 2.24) is 0 Å². The molecule has 90 valence electrons. The molecule has 0 aliphatic carbocycles. The van der Waals surface area contributed by atoms with Crippen LogP contribution in [0.15, 0.2) is 16.5 Å². The molecule has 0 spiro atoms. The number of aliphatic hydroxyl groups is 2. The summed E-state index contributed by atoms with van der Waals surface area (Å²) in [4.78, 5) is 11.1. The molecule has 1 aromatic rings. The van der Waals surface area contributed by atoms with Crippen LogP contribution in [0.4, 0.5) is 0 Å². The number of ether oxygens (including phenoxy) is 1. The lowest BCUT2D eigenvalue weighted by Gasteiger charge is -2.14. The Morgan fingerprint density at radius 3 is 2.81 bits per heavy atom. The summed E-state index contributed by atoms with van der Waals surface area (Å²) in [6.45, 7) is 0. The molecule has 2 atom stereocenters. The van der Waals surface area contributed by atoms with Crippen molar-refractivity contribution in [2.45, 2.75) is 18.6 Å². The van der Waals surface area contributed by atoms with Crippen LogP contribution in [0.25, 0.3) is 0 Å². The van der Waals surface area contributed by atoms with Gasteiger partial charge in [-0.3, -0.25) is 0 Å². The van der Waals surface area contributed by atoms with Gasteiger partial charge in [0.25, 0.3) is 0 Å². The number of carbonyl (C=O) groups is 1. The van der Waals surface area contributed by atoms with Gasteiger partial charge in [-0.15, -0.1) is 0 Å². The Kier molecular flexibility index (Phi) is 4.98. The first kappa shape index (κ1) is 13.2. The number of aliphatic hydroxyl groups excluding tert-OH is 2. The first-order chi connectivity index (χ1) is 7.60. The zero-order chi connectivity index (χ0) is 12.1. The fraction of sp³-hybridized carbons (Fsp3) is 0.500. The number of carbonyl (C=O) groups excluding carboxylic acids is 1. The highest BCUT2D eigenvalue weighted by atomic mass is 79.9. The molecule has 1 rings (SSSR count). The lowest BCUT2D eigenvalue weighted by molar-refractivity contribution is 0.00341. The van der Waals surface area contributed by atoms with Crippen LogP contribution in [0, 0.1) is 0 Å². The van der Waals surface area contributed by atoms with Crippen LogP contribution in [-0.4, -0.2) is 34.7 Å². The topological polar surface area (TPSA) is 79.9 Å². The molecule has 2 N–H and O–H groups in total. The van der Waals surface area contributed by atoms with Gasteiger partial charge in [0.2, 0.25) is 5.76 Å². The number of furan rings is 1. The monoisotopic (exact) mass is 292 g/mol. The molecule has 1 heterocycles. The van der Waals surface area contributed by atoms with Crippen LogP contribution >= 0.6 is 15.9 Å². The van der Waals surface area contributed by atoms with Crippen LogP contribution in [0.5, 0.6) is 0 Å². The summed E-state index contributed by atoms with van der Waals surface area (Å²) in [6.07, 6.45) is -1.69. The second kappa shape index (κ2) is 6.03. The standard InChI is InChI=1S/C10H13BrO5/c1-15-10(14)8-3-2-7(16-8)9(13)6(12)4-5-11/h2-3,6,9,12-13H,4-5H2,1H3. The Bertz CT molecular complexity index is 349. The van der Waals surface area contributed by atoms with Crippen molar-refractivity contribution in [3.8, 4) is 0 Å². The first-order valence-corrected chi connectivity index (χ1v) is 5.82. The van der Waals surface area contributed by atoms with Gasteiger partial charge in [-0.05, 0) is 18.6 Å². The van der Waals surface area contributed by atoms with E-state index in [2.05, 4.69) is 20.7 Å². The summed E-state index contributed by atoms with van der Waals surface area (Å²) >= 11 is 3.15. The van der Waals surface area contributed by atoms with Gasteiger partial charge in [-0.25, -0.2) is 4.79 Å². The fourth-order valence-corrected chi connectivity index (χ4v) is 1.65. The number of methoxy groups -OCH3 is 1. The lowest BCUT2D eigenvalue weighted by Crippen LogP contribution is -2.18. The van der Waals surface area contributed by atoms with Crippen LogP contribution < -0.4 is 0 Å². The number of hydrogen-bond donors (Lipinski definition) is 2. The highest BCUT2D eigenvalue weighted by Gasteiger charge is 2.22. The molecule has 16 heavy (non-hydrogen) atoms. The van der Waals surface area contributed by atoms with Crippen molar-refractivity contribution in [3.63, 3.8) is 0 Å². The van der Waals surface area contributed by atoms with Crippen molar-refractivity contribution < 1.29 is 24.2 Å². The van der Waals surface area contributed by atoms with Crippen molar-refractivity contribution >= 4 is 21.9 Å². The highest BCUT2D eigenvalue weighted by Crippen LogP contribution is 2.22. The summed E-state index contributed by atoms with van der Waals surface area (Å²) in [5.74, 6) is -0.468. The number of alkyl halides is 1.